The molecular weight excluding hydrogens is 296 g/mol. The zero-order chi connectivity index (χ0) is 16.9. The second-order valence-electron chi connectivity index (χ2n) is 8.47. The van der Waals surface area contributed by atoms with Crippen LogP contribution in [-0.2, 0) is 6.42 Å². The van der Waals surface area contributed by atoms with Gasteiger partial charge in [-0.2, -0.15) is 0 Å². The maximum atomic E-state index is 10.5. The van der Waals surface area contributed by atoms with Crippen LogP contribution >= 0.6 is 0 Å². The van der Waals surface area contributed by atoms with Gasteiger partial charge < -0.3 is 10.2 Å². The van der Waals surface area contributed by atoms with Crippen LogP contribution in [-0.4, -0.2) is 16.3 Å². The van der Waals surface area contributed by atoms with Crippen LogP contribution in [0.15, 0.2) is 18.2 Å². The second-order valence-corrected chi connectivity index (χ2v) is 8.47. The zero-order valence-electron chi connectivity index (χ0n) is 15.0. The molecule has 1 aromatic rings. The SMILES string of the molecule is CC/C=C\c1cc2c(cc1O)CC[C@@H]1[C@@H]2CC[C@]2(C)[C@@H](O)CC[C@@H]12. The molecule has 2 N–H and O–H groups in total. The van der Waals surface area contributed by atoms with Crippen LogP contribution < -0.4 is 0 Å². The van der Waals surface area contributed by atoms with Crippen molar-refractivity contribution in [3.8, 4) is 5.75 Å². The fraction of sp³-hybridized carbons (Fsp3) is 0.636. The molecule has 0 aliphatic heterocycles. The van der Waals surface area contributed by atoms with E-state index in [2.05, 4.69) is 32.1 Å². The Labute approximate surface area is 145 Å². The van der Waals surface area contributed by atoms with E-state index in [0.29, 0.717) is 23.5 Å². The maximum absolute atomic E-state index is 10.5. The van der Waals surface area contributed by atoms with E-state index in [-0.39, 0.29) is 11.5 Å². The molecule has 0 heterocycles. The monoisotopic (exact) mass is 326 g/mol. The molecule has 2 heteroatoms. The van der Waals surface area contributed by atoms with Gasteiger partial charge >= 0.3 is 0 Å². The molecule has 0 bridgehead atoms. The Morgan fingerprint density at radius 3 is 2.83 bits per heavy atom. The van der Waals surface area contributed by atoms with Crippen molar-refractivity contribution in [2.45, 2.75) is 70.8 Å². The molecular formula is C22H30O2. The van der Waals surface area contributed by atoms with E-state index >= 15 is 0 Å². The molecule has 3 aliphatic rings. The normalized spacial score (nSPS) is 38.0. The van der Waals surface area contributed by atoms with E-state index in [1.54, 1.807) is 0 Å². The van der Waals surface area contributed by atoms with Crippen molar-refractivity contribution in [1.82, 2.24) is 0 Å². The number of phenols is 1. The number of phenolic OH excluding ortho intramolecular Hbond substituents is 1. The van der Waals surface area contributed by atoms with Gasteiger partial charge in [0.25, 0.3) is 0 Å². The largest absolute Gasteiger partial charge is 0.507 e. The first-order valence-electron chi connectivity index (χ1n) is 9.75. The van der Waals surface area contributed by atoms with Crippen molar-refractivity contribution >= 4 is 6.08 Å². The second kappa shape index (κ2) is 5.91. The summed E-state index contributed by atoms with van der Waals surface area (Å²) in [6, 6.07) is 4.26. The minimum absolute atomic E-state index is 0.104. The van der Waals surface area contributed by atoms with Gasteiger partial charge in [-0.15, -0.1) is 0 Å². The van der Waals surface area contributed by atoms with Crippen LogP contribution in [0.1, 0.15) is 75.0 Å². The number of aliphatic hydroxyl groups excluding tert-OH is 1. The molecule has 130 valence electrons. The van der Waals surface area contributed by atoms with Crippen LogP contribution in [0.5, 0.6) is 5.75 Å². The summed E-state index contributed by atoms with van der Waals surface area (Å²) in [5.74, 6) is 2.42. The predicted molar refractivity (Wildman–Crippen MR) is 98.1 cm³/mol. The van der Waals surface area contributed by atoms with Gasteiger partial charge in [-0.3, -0.25) is 0 Å². The van der Waals surface area contributed by atoms with Crippen LogP contribution in [0.3, 0.4) is 0 Å². The highest BCUT2D eigenvalue weighted by atomic mass is 16.3. The molecule has 0 aromatic heterocycles. The van der Waals surface area contributed by atoms with E-state index in [0.717, 1.165) is 31.2 Å². The van der Waals surface area contributed by atoms with Gasteiger partial charge in [0.15, 0.2) is 0 Å². The van der Waals surface area contributed by atoms with Crippen molar-refractivity contribution in [2.24, 2.45) is 17.3 Å². The summed E-state index contributed by atoms with van der Waals surface area (Å²) in [6.45, 7) is 4.45. The minimum atomic E-state index is -0.104. The Hall–Kier alpha value is -1.28. The molecule has 0 radical (unpaired) electrons. The molecule has 2 saturated carbocycles. The summed E-state index contributed by atoms with van der Waals surface area (Å²) >= 11 is 0. The van der Waals surface area contributed by atoms with Gasteiger partial charge in [-0.1, -0.05) is 26.0 Å². The van der Waals surface area contributed by atoms with E-state index < -0.39 is 0 Å². The molecule has 5 atom stereocenters. The molecule has 0 unspecified atom stereocenters. The van der Waals surface area contributed by atoms with Gasteiger partial charge in [0, 0.05) is 5.56 Å². The minimum Gasteiger partial charge on any atom is -0.507 e. The van der Waals surface area contributed by atoms with E-state index in [1.807, 2.05) is 6.07 Å². The summed E-state index contributed by atoms with van der Waals surface area (Å²) in [5, 5.41) is 20.8. The molecule has 24 heavy (non-hydrogen) atoms. The average molecular weight is 326 g/mol. The highest BCUT2D eigenvalue weighted by Gasteiger charge is 2.54. The average Bonchev–Trinajstić information content (AvgIpc) is 2.88. The molecule has 2 nitrogen and oxygen atoms in total. The number of allylic oxidation sites excluding steroid dienone is 1. The van der Waals surface area contributed by atoms with E-state index in [1.165, 1.54) is 30.4 Å². The van der Waals surface area contributed by atoms with Gasteiger partial charge in [0.2, 0.25) is 0 Å². The first kappa shape index (κ1) is 16.2. The quantitative estimate of drug-likeness (QED) is 0.800. The van der Waals surface area contributed by atoms with Gasteiger partial charge in [0.05, 0.1) is 6.10 Å². The smallest absolute Gasteiger partial charge is 0.123 e. The lowest BCUT2D eigenvalue weighted by Crippen LogP contribution is -2.43. The number of hydrogen-bond acceptors (Lipinski definition) is 2. The summed E-state index contributed by atoms with van der Waals surface area (Å²) < 4.78 is 0. The Morgan fingerprint density at radius 1 is 1.21 bits per heavy atom. The van der Waals surface area contributed by atoms with Crippen molar-refractivity contribution in [3.05, 3.63) is 34.9 Å². The summed E-state index contributed by atoms with van der Waals surface area (Å²) in [6.07, 6.45) is 11.8. The van der Waals surface area contributed by atoms with Crippen molar-refractivity contribution in [1.29, 1.82) is 0 Å². The van der Waals surface area contributed by atoms with Gasteiger partial charge in [0.1, 0.15) is 5.75 Å². The third-order valence-corrected chi connectivity index (χ3v) is 7.36. The Bertz CT molecular complexity index is 662. The Morgan fingerprint density at radius 2 is 2.04 bits per heavy atom. The molecule has 0 saturated heterocycles. The molecule has 0 spiro atoms. The first-order chi connectivity index (χ1) is 11.5. The lowest BCUT2D eigenvalue weighted by molar-refractivity contribution is -0.0226. The fourth-order valence-corrected chi connectivity index (χ4v) is 5.98. The van der Waals surface area contributed by atoms with Crippen molar-refractivity contribution in [3.63, 3.8) is 0 Å². The molecule has 4 rings (SSSR count). The van der Waals surface area contributed by atoms with Crippen LogP contribution in [0.25, 0.3) is 6.08 Å². The summed E-state index contributed by atoms with van der Waals surface area (Å²) in [4.78, 5) is 0. The highest BCUT2D eigenvalue weighted by molar-refractivity contribution is 5.60. The van der Waals surface area contributed by atoms with E-state index in [4.69, 9.17) is 0 Å². The summed E-state index contributed by atoms with van der Waals surface area (Å²) in [7, 11) is 0. The molecule has 2 fully saturated rings. The number of aromatic hydroxyl groups is 1. The summed E-state index contributed by atoms with van der Waals surface area (Å²) in [5.41, 5.74) is 3.93. The number of rotatable bonds is 2. The number of aliphatic hydroxyl groups is 1. The lowest BCUT2D eigenvalue weighted by Gasteiger charge is -2.50. The number of benzene rings is 1. The van der Waals surface area contributed by atoms with Gasteiger partial charge in [-0.05, 0) is 91.4 Å². The molecule has 3 aliphatic carbocycles. The Balaban J connectivity index is 1.70. The molecule has 1 aromatic carbocycles. The topological polar surface area (TPSA) is 40.5 Å². The van der Waals surface area contributed by atoms with Crippen LogP contribution in [0.4, 0.5) is 0 Å². The first-order valence-corrected chi connectivity index (χ1v) is 9.75. The van der Waals surface area contributed by atoms with E-state index in [9.17, 15) is 10.2 Å². The van der Waals surface area contributed by atoms with Crippen molar-refractivity contribution < 1.29 is 10.2 Å². The molecule has 0 amide bonds. The van der Waals surface area contributed by atoms with Gasteiger partial charge in [-0.25, -0.2) is 0 Å². The number of fused-ring (bicyclic) bond motifs is 5. The Kier molecular flexibility index (Phi) is 3.99. The third kappa shape index (κ3) is 2.34. The number of hydrogen-bond donors (Lipinski definition) is 2. The fourth-order valence-electron chi connectivity index (χ4n) is 5.98. The van der Waals surface area contributed by atoms with Crippen LogP contribution in [0, 0.1) is 17.3 Å². The maximum Gasteiger partial charge on any atom is 0.123 e. The lowest BCUT2D eigenvalue weighted by atomic mass is 9.55. The predicted octanol–water partition coefficient (Wildman–Crippen LogP) is 5.03. The van der Waals surface area contributed by atoms with Crippen molar-refractivity contribution in [2.75, 3.05) is 0 Å². The standard InChI is InChI=1S/C22H30O2/c1-3-4-5-15-12-18-14(13-20(15)23)6-7-17-16(18)10-11-22(2)19(17)8-9-21(22)24/h4-5,12-13,16-17,19,21,23-24H,3,6-11H2,1-2H3/b5-4-/t16-,17+,19-,21-,22-/m0/s1. The highest BCUT2D eigenvalue weighted by Crippen LogP contribution is 2.61. The third-order valence-electron chi connectivity index (χ3n) is 7.36. The van der Waals surface area contributed by atoms with Crippen LogP contribution in [0.2, 0.25) is 0 Å². The zero-order valence-corrected chi connectivity index (χ0v) is 15.0. The number of aryl methyl sites for hydroxylation is 1.